The third kappa shape index (κ3) is 6.06. The number of carbonyl (C=O) groups is 2. The quantitative estimate of drug-likeness (QED) is 0.545. The maximum absolute atomic E-state index is 12.3. The number of hydrogen-bond donors (Lipinski definition) is 4. The number of anilines is 1. The Labute approximate surface area is 187 Å². The van der Waals surface area contributed by atoms with Crippen LogP contribution in [-0.2, 0) is 16.0 Å². The van der Waals surface area contributed by atoms with E-state index in [1.54, 1.807) is 6.20 Å². The van der Waals surface area contributed by atoms with Crippen LogP contribution < -0.4 is 10.6 Å². The van der Waals surface area contributed by atoms with Gasteiger partial charge in [-0.2, -0.15) is 5.10 Å². The monoisotopic (exact) mass is 441 g/mol. The van der Waals surface area contributed by atoms with Crippen molar-refractivity contribution in [1.82, 2.24) is 20.5 Å². The smallest absolute Gasteiger partial charge is 0.407 e. The number of aromatic amines is 1. The Hall–Kier alpha value is -2.94. The zero-order valence-corrected chi connectivity index (χ0v) is 18.3. The molecule has 172 valence electrons. The zero-order valence-electron chi connectivity index (χ0n) is 18.3. The Morgan fingerprint density at radius 3 is 2.78 bits per heavy atom. The van der Waals surface area contributed by atoms with Gasteiger partial charge in [0.2, 0.25) is 5.91 Å². The van der Waals surface area contributed by atoms with Crippen molar-refractivity contribution in [2.75, 3.05) is 5.32 Å². The molecule has 2 amide bonds. The van der Waals surface area contributed by atoms with Gasteiger partial charge in [-0.1, -0.05) is 0 Å². The summed E-state index contributed by atoms with van der Waals surface area (Å²) in [6.07, 6.45) is 6.62. The Morgan fingerprint density at radius 1 is 1.19 bits per heavy atom. The Kier molecular flexibility index (Phi) is 7.04. The Bertz CT molecular complexity index is 938. The Morgan fingerprint density at radius 2 is 2.00 bits per heavy atom. The van der Waals surface area contributed by atoms with Gasteiger partial charge in [0.25, 0.3) is 0 Å². The summed E-state index contributed by atoms with van der Waals surface area (Å²) >= 11 is 0. The van der Waals surface area contributed by atoms with Crippen LogP contribution in [0.5, 0.6) is 0 Å². The van der Waals surface area contributed by atoms with Gasteiger partial charge in [0.15, 0.2) is 5.82 Å². The summed E-state index contributed by atoms with van der Waals surface area (Å²) in [4.78, 5) is 28.7. The standard InChI is InChI=1S/C23H31N5O4/c1-14-10-15(8-9-24-14)11-22(30)26-21-13-20(27-28-21)16-2-7-19(12-16)32-23(31)25-17-3-5-18(29)6-4-17/h8-10,13,16-19,29H,2-7,11-12H2,1H3,(H,25,31)(H2,26,27,28,30)/t16-,17-,18-,19+/m1/s1. The summed E-state index contributed by atoms with van der Waals surface area (Å²) in [6, 6.07) is 5.66. The fraction of sp³-hybridized carbons (Fsp3) is 0.565. The predicted octanol–water partition coefficient (Wildman–Crippen LogP) is 2.96. The van der Waals surface area contributed by atoms with Crippen molar-refractivity contribution in [2.24, 2.45) is 0 Å². The molecule has 0 aliphatic heterocycles. The van der Waals surface area contributed by atoms with E-state index in [1.165, 1.54) is 0 Å². The zero-order chi connectivity index (χ0) is 22.5. The van der Waals surface area contributed by atoms with Crippen molar-refractivity contribution in [3.05, 3.63) is 41.3 Å². The number of aromatic nitrogens is 3. The summed E-state index contributed by atoms with van der Waals surface area (Å²) in [5.74, 6) is 0.573. The number of aliphatic hydroxyl groups is 1. The van der Waals surface area contributed by atoms with E-state index in [-0.39, 0.29) is 42.6 Å². The van der Waals surface area contributed by atoms with Crippen LogP contribution in [0.1, 0.15) is 67.8 Å². The molecule has 0 bridgehead atoms. The van der Waals surface area contributed by atoms with Crippen LogP contribution >= 0.6 is 0 Å². The molecule has 32 heavy (non-hydrogen) atoms. The van der Waals surface area contributed by atoms with Crippen LogP contribution in [-0.4, -0.2) is 50.5 Å². The van der Waals surface area contributed by atoms with Crippen molar-refractivity contribution < 1.29 is 19.4 Å². The first-order chi connectivity index (χ1) is 15.4. The highest BCUT2D eigenvalue weighted by Gasteiger charge is 2.31. The van der Waals surface area contributed by atoms with Crippen molar-refractivity contribution in [1.29, 1.82) is 0 Å². The molecule has 2 aliphatic carbocycles. The van der Waals surface area contributed by atoms with E-state index in [4.69, 9.17) is 4.74 Å². The maximum atomic E-state index is 12.3. The number of nitrogens with one attached hydrogen (secondary N) is 3. The maximum Gasteiger partial charge on any atom is 0.407 e. The molecule has 0 saturated heterocycles. The van der Waals surface area contributed by atoms with Gasteiger partial charge in [0.1, 0.15) is 6.10 Å². The van der Waals surface area contributed by atoms with Crippen molar-refractivity contribution in [2.45, 2.75) is 82.5 Å². The molecule has 2 aliphatic rings. The van der Waals surface area contributed by atoms with Gasteiger partial charge in [-0.25, -0.2) is 4.79 Å². The number of alkyl carbamates (subject to hydrolysis) is 1. The average molecular weight is 442 g/mol. The molecular weight excluding hydrogens is 410 g/mol. The number of nitrogens with zero attached hydrogens (tertiary/aromatic N) is 2. The topological polar surface area (TPSA) is 129 Å². The fourth-order valence-corrected chi connectivity index (χ4v) is 4.60. The first-order valence-corrected chi connectivity index (χ1v) is 11.4. The van der Waals surface area contributed by atoms with Gasteiger partial charge in [0.05, 0.1) is 12.5 Å². The van der Waals surface area contributed by atoms with Gasteiger partial charge in [-0.05, 0) is 69.6 Å². The molecule has 4 N–H and O–H groups in total. The fourth-order valence-electron chi connectivity index (χ4n) is 4.60. The van der Waals surface area contributed by atoms with Gasteiger partial charge in [-0.3, -0.25) is 14.9 Å². The van der Waals surface area contributed by atoms with Gasteiger partial charge < -0.3 is 20.5 Å². The lowest BCUT2D eigenvalue weighted by atomic mass is 9.93. The van der Waals surface area contributed by atoms with Crippen molar-refractivity contribution in [3.8, 4) is 0 Å². The normalized spacial score (nSPS) is 25.3. The number of aryl methyl sites for hydroxylation is 1. The molecule has 9 nitrogen and oxygen atoms in total. The second-order valence-corrected chi connectivity index (χ2v) is 8.93. The predicted molar refractivity (Wildman–Crippen MR) is 118 cm³/mol. The van der Waals surface area contributed by atoms with E-state index in [0.717, 1.165) is 61.9 Å². The summed E-state index contributed by atoms with van der Waals surface area (Å²) < 4.78 is 5.62. The largest absolute Gasteiger partial charge is 0.446 e. The molecule has 9 heteroatoms. The number of H-pyrrole nitrogens is 1. The van der Waals surface area contributed by atoms with Crippen LogP contribution in [0.15, 0.2) is 24.4 Å². The molecular formula is C23H31N5O4. The minimum absolute atomic E-state index is 0.0814. The molecule has 0 radical (unpaired) electrons. The number of pyridine rings is 1. The molecule has 0 unspecified atom stereocenters. The van der Waals surface area contributed by atoms with Gasteiger partial charge in [0, 0.05) is 35.6 Å². The third-order valence-electron chi connectivity index (χ3n) is 6.31. The average Bonchev–Trinajstić information content (AvgIpc) is 3.39. The lowest BCUT2D eigenvalue weighted by molar-refractivity contribution is -0.115. The highest BCUT2D eigenvalue weighted by atomic mass is 16.6. The van der Waals surface area contributed by atoms with Crippen LogP contribution in [0, 0.1) is 6.92 Å². The first-order valence-electron chi connectivity index (χ1n) is 11.4. The summed E-state index contributed by atoms with van der Waals surface area (Å²) in [5.41, 5.74) is 2.72. The Balaban J connectivity index is 1.22. The van der Waals surface area contributed by atoms with Crippen LogP contribution in [0.3, 0.4) is 0 Å². The van der Waals surface area contributed by atoms with Crippen LogP contribution in [0.4, 0.5) is 10.6 Å². The van der Waals surface area contributed by atoms with Crippen molar-refractivity contribution in [3.63, 3.8) is 0 Å². The number of rotatable bonds is 6. The number of hydrogen-bond acceptors (Lipinski definition) is 6. The SMILES string of the molecule is Cc1cc(CC(=O)Nc2cc([C@@H]3CC[C@H](OC(=O)N[C@H]4CC[C@H](O)CC4)C3)[nH]n2)ccn1. The van der Waals surface area contributed by atoms with Gasteiger partial charge >= 0.3 is 6.09 Å². The van der Waals surface area contributed by atoms with E-state index in [9.17, 15) is 14.7 Å². The summed E-state index contributed by atoms with van der Waals surface area (Å²) in [7, 11) is 0. The van der Waals surface area contributed by atoms with E-state index in [1.807, 2.05) is 25.1 Å². The lowest BCUT2D eigenvalue weighted by Gasteiger charge is -2.26. The molecule has 2 saturated carbocycles. The first kappa shape index (κ1) is 22.3. The van der Waals surface area contributed by atoms with E-state index < -0.39 is 0 Å². The van der Waals surface area contributed by atoms with Crippen molar-refractivity contribution >= 4 is 17.8 Å². The number of amides is 2. The molecule has 2 heterocycles. The molecule has 2 aromatic rings. The molecule has 4 rings (SSSR count). The molecule has 0 aromatic carbocycles. The number of carbonyl (C=O) groups excluding carboxylic acids is 2. The van der Waals surface area contributed by atoms with Crippen LogP contribution in [0.2, 0.25) is 0 Å². The van der Waals surface area contributed by atoms with Gasteiger partial charge in [-0.15, -0.1) is 0 Å². The highest BCUT2D eigenvalue weighted by molar-refractivity contribution is 5.91. The number of aliphatic hydroxyl groups excluding tert-OH is 1. The molecule has 2 fully saturated rings. The third-order valence-corrected chi connectivity index (χ3v) is 6.31. The molecule has 0 spiro atoms. The van der Waals surface area contributed by atoms with Crippen LogP contribution in [0.25, 0.3) is 0 Å². The second-order valence-electron chi connectivity index (χ2n) is 8.93. The summed E-state index contributed by atoms with van der Waals surface area (Å²) in [6.45, 7) is 1.89. The minimum atomic E-state index is -0.374. The number of ether oxygens (including phenoxy) is 1. The molecule has 2 atom stereocenters. The minimum Gasteiger partial charge on any atom is -0.446 e. The van der Waals surface area contributed by atoms with E-state index >= 15 is 0 Å². The molecule has 2 aromatic heterocycles. The second kappa shape index (κ2) is 10.1. The highest BCUT2D eigenvalue weighted by Crippen LogP contribution is 2.36. The van der Waals surface area contributed by atoms with E-state index in [0.29, 0.717) is 5.82 Å². The lowest BCUT2D eigenvalue weighted by Crippen LogP contribution is -2.40. The van der Waals surface area contributed by atoms with E-state index in [2.05, 4.69) is 25.8 Å². The summed E-state index contributed by atoms with van der Waals surface area (Å²) in [5, 5.41) is 22.6.